The molecule has 0 spiro atoms. The fourth-order valence-corrected chi connectivity index (χ4v) is 3.73. The molecule has 0 aliphatic carbocycles. The zero-order valence-electron chi connectivity index (χ0n) is 20.1. The van der Waals surface area contributed by atoms with Crippen molar-refractivity contribution in [3.05, 3.63) is 64.4 Å². The molecule has 0 aliphatic heterocycles. The molecule has 2 atom stereocenters. The number of benzene rings is 1. The third-order valence-corrected chi connectivity index (χ3v) is 6.80. The third-order valence-electron chi connectivity index (χ3n) is 5.61. The second kappa shape index (κ2) is 14.5. The van der Waals surface area contributed by atoms with Gasteiger partial charge >= 0.3 is 0 Å². The van der Waals surface area contributed by atoms with Gasteiger partial charge in [-0.05, 0) is 42.7 Å². The van der Waals surface area contributed by atoms with Crippen LogP contribution in [0.25, 0.3) is 11.5 Å². The van der Waals surface area contributed by atoms with Crippen LogP contribution in [0, 0.1) is 12.8 Å². The van der Waals surface area contributed by atoms with Crippen molar-refractivity contribution in [2.24, 2.45) is 11.7 Å². The largest absolute Gasteiger partial charge is 0.355 e. The van der Waals surface area contributed by atoms with Gasteiger partial charge in [-0.3, -0.25) is 14.6 Å². The minimum atomic E-state index is -1.26. The van der Waals surface area contributed by atoms with E-state index >= 15 is 0 Å². The molecular weight excluding hydrogens is 546 g/mol. The van der Waals surface area contributed by atoms with E-state index in [0.29, 0.717) is 17.1 Å². The molecule has 0 bridgehead atoms. The molecule has 1 amide bonds. The van der Waals surface area contributed by atoms with Crippen LogP contribution < -0.4 is 10.6 Å². The third kappa shape index (κ3) is 8.46. The van der Waals surface area contributed by atoms with E-state index < -0.39 is 16.8 Å². The maximum atomic E-state index is 12.5. The highest BCUT2D eigenvalue weighted by atomic mass is 35.5. The number of amides is 1. The molecule has 2 aromatic heterocycles. The average molecular weight is 574 g/mol. The molecule has 2 unspecified atom stereocenters. The van der Waals surface area contributed by atoms with Crippen molar-refractivity contribution >= 4 is 63.8 Å². The van der Waals surface area contributed by atoms with Gasteiger partial charge in [0, 0.05) is 41.0 Å². The topological polar surface area (TPSA) is 102 Å². The minimum Gasteiger partial charge on any atom is -0.355 e. The van der Waals surface area contributed by atoms with E-state index in [1.165, 1.54) is 17.3 Å². The van der Waals surface area contributed by atoms with E-state index in [2.05, 4.69) is 10.1 Å². The second-order valence-corrected chi connectivity index (χ2v) is 9.95. The van der Waals surface area contributed by atoms with Crippen LogP contribution in [-0.2, 0) is 9.59 Å². The zero-order chi connectivity index (χ0) is 26.8. The van der Waals surface area contributed by atoms with Crippen LogP contribution in [0.4, 0.5) is 5.69 Å². The van der Waals surface area contributed by atoms with Crippen LogP contribution >= 0.6 is 46.4 Å². The van der Waals surface area contributed by atoms with Crippen LogP contribution in [0.3, 0.4) is 0 Å². The standard InChI is InChI=1S/C18H22Cl2N4O3.C7H6Cl2/c1-3-11(2)16(21)14(25)6-9-24(18(26)17(19)20)12-4-7-22-13(10-12)15-5-8-23-27-15;1-5-6(8)3-2-4-7(5)9/h4-5,7-8,10-11,16-17H,3,6,9,21H2,1-2H3;2-4H,1H3. The summed E-state index contributed by atoms with van der Waals surface area (Å²) >= 11 is 23.0. The number of hydrogen-bond acceptors (Lipinski definition) is 6. The van der Waals surface area contributed by atoms with Gasteiger partial charge in [-0.25, -0.2) is 0 Å². The summed E-state index contributed by atoms with van der Waals surface area (Å²) in [6, 6.07) is 9.83. The van der Waals surface area contributed by atoms with Crippen molar-refractivity contribution in [2.75, 3.05) is 11.4 Å². The van der Waals surface area contributed by atoms with E-state index in [0.717, 1.165) is 22.0 Å². The Hall–Kier alpha value is -2.16. The Balaban J connectivity index is 0.000000425. The highest BCUT2D eigenvalue weighted by molar-refractivity contribution is 6.54. The van der Waals surface area contributed by atoms with Gasteiger partial charge in [0.1, 0.15) is 5.69 Å². The van der Waals surface area contributed by atoms with E-state index in [1.54, 1.807) is 18.2 Å². The van der Waals surface area contributed by atoms with E-state index in [4.69, 9.17) is 56.7 Å². The predicted molar refractivity (Wildman–Crippen MR) is 146 cm³/mol. The molecule has 0 saturated carbocycles. The second-order valence-electron chi connectivity index (χ2n) is 8.04. The summed E-state index contributed by atoms with van der Waals surface area (Å²) < 4.78 is 5.09. The Labute approximate surface area is 230 Å². The first-order valence-electron chi connectivity index (χ1n) is 11.2. The van der Waals surface area contributed by atoms with E-state index in [9.17, 15) is 9.59 Å². The van der Waals surface area contributed by atoms with Crippen LogP contribution in [0.15, 0.2) is 53.3 Å². The summed E-state index contributed by atoms with van der Waals surface area (Å²) in [5.74, 6) is -0.132. The molecule has 2 N–H and O–H groups in total. The first kappa shape index (κ1) is 30.1. The maximum absolute atomic E-state index is 12.5. The lowest BCUT2D eigenvalue weighted by molar-refractivity contribution is -0.121. The summed E-state index contributed by atoms with van der Waals surface area (Å²) in [7, 11) is 0. The normalized spacial score (nSPS) is 12.5. The monoisotopic (exact) mass is 572 g/mol. The van der Waals surface area contributed by atoms with Crippen molar-refractivity contribution in [3.8, 4) is 11.5 Å². The number of halogens is 4. The Morgan fingerprint density at radius 3 is 2.31 bits per heavy atom. The van der Waals surface area contributed by atoms with Gasteiger partial charge in [-0.15, -0.1) is 0 Å². The Morgan fingerprint density at radius 1 is 1.11 bits per heavy atom. The van der Waals surface area contributed by atoms with Crippen molar-refractivity contribution in [1.82, 2.24) is 10.1 Å². The highest BCUT2D eigenvalue weighted by Crippen LogP contribution is 2.25. The Morgan fingerprint density at radius 2 is 1.78 bits per heavy atom. The van der Waals surface area contributed by atoms with Gasteiger partial charge in [0.15, 0.2) is 16.4 Å². The molecular formula is C25H28Cl4N4O3. The first-order chi connectivity index (χ1) is 17.1. The summed E-state index contributed by atoms with van der Waals surface area (Å²) in [5, 5.41) is 5.09. The molecule has 194 valence electrons. The number of carbonyl (C=O) groups excluding carboxylic acids is 2. The van der Waals surface area contributed by atoms with Crippen LogP contribution in [-0.4, -0.2) is 39.3 Å². The number of alkyl halides is 2. The minimum absolute atomic E-state index is 0.0643. The van der Waals surface area contributed by atoms with Crippen molar-refractivity contribution < 1.29 is 14.1 Å². The lowest BCUT2D eigenvalue weighted by Gasteiger charge is -2.24. The number of rotatable bonds is 9. The number of anilines is 1. The summed E-state index contributed by atoms with van der Waals surface area (Å²) in [4.78, 5) is 29.1. The van der Waals surface area contributed by atoms with Gasteiger partial charge in [0.25, 0.3) is 5.91 Å². The first-order valence-corrected chi connectivity index (χ1v) is 12.8. The molecule has 0 fully saturated rings. The number of ketones is 1. The van der Waals surface area contributed by atoms with Crippen molar-refractivity contribution in [1.29, 1.82) is 0 Å². The summed E-state index contributed by atoms with van der Waals surface area (Å²) in [6.45, 7) is 5.90. The molecule has 11 heteroatoms. The lowest BCUT2D eigenvalue weighted by atomic mass is 9.95. The predicted octanol–water partition coefficient (Wildman–Crippen LogP) is 6.51. The van der Waals surface area contributed by atoms with Crippen LogP contribution in [0.2, 0.25) is 10.0 Å². The van der Waals surface area contributed by atoms with Gasteiger partial charge in [0.2, 0.25) is 0 Å². The molecule has 1 aromatic carbocycles. The van der Waals surface area contributed by atoms with Gasteiger partial charge in [-0.1, -0.05) is 77.9 Å². The quantitative estimate of drug-likeness (QED) is 0.293. The van der Waals surface area contributed by atoms with E-state index in [1.807, 2.05) is 39.0 Å². The number of nitrogens with zero attached hydrogens (tertiary/aromatic N) is 3. The Bertz CT molecular complexity index is 1120. The molecule has 2 heterocycles. The number of carbonyl (C=O) groups is 2. The summed E-state index contributed by atoms with van der Waals surface area (Å²) in [6.07, 6.45) is 3.91. The lowest BCUT2D eigenvalue weighted by Crippen LogP contribution is -2.41. The molecule has 3 rings (SSSR count). The van der Waals surface area contributed by atoms with Crippen LogP contribution in [0.5, 0.6) is 0 Å². The number of nitrogens with two attached hydrogens (primary N) is 1. The van der Waals surface area contributed by atoms with Crippen molar-refractivity contribution in [3.63, 3.8) is 0 Å². The van der Waals surface area contributed by atoms with Crippen LogP contribution in [0.1, 0.15) is 32.3 Å². The highest BCUT2D eigenvalue weighted by Gasteiger charge is 2.25. The van der Waals surface area contributed by atoms with Gasteiger partial charge in [0.05, 0.1) is 12.2 Å². The van der Waals surface area contributed by atoms with Crippen molar-refractivity contribution in [2.45, 2.75) is 44.5 Å². The Kier molecular flexibility index (Phi) is 12.1. The number of hydrogen-bond donors (Lipinski definition) is 1. The summed E-state index contributed by atoms with van der Waals surface area (Å²) in [5.41, 5.74) is 7.92. The number of aromatic nitrogens is 2. The van der Waals surface area contributed by atoms with Gasteiger partial charge in [-0.2, -0.15) is 0 Å². The molecule has 0 aliphatic rings. The van der Waals surface area contributed by atoms with E-state index in [-0.39, 0.29) is 24.7 Å². The number of pyridine rings is 1. The smallest absolute Gasteiger partial charge is 0.260 e. The average Bonchev–Trinajstić information content (AvgIpc) is 3.42. The molecule has 0 radical (unpaired) electrons. The maximum Gasteiger partial charge on any atom is 0.260 e. The van der Waals surface area contributed by atoms with Gasteiger partial charge < -0.3 is 15.2 Å². The fourth-order valence-electron chi connectivity index (χ4n) is 3.10. The number of Topliss-reactive ketones (excluding diaryl/α,β-unsaturated/α-hetero) is 1. The molecule has 0 saturated heterocycles. The zero-order valence-corrected chi connectivity index (χ0v) is 23.2. The SMILES string of the molecule is CCC(C)C(N)C(=O)CCN(C(=O)C(Cl)Cl)c1ccnc(-c2ccno2)c1.Cc1c(Cl)cccc1Cl. The molecule has 36 heavy (non-hydrogen) atoms. The fraction of sp³-hybridized carbons (Fsp3) is 0.360. The molecule has 7 nitrogen and oxygen atoms in total. The molecule has 3 aromatic rings.